The summed E-state index contributed by atoms with van der Waals surface area (Å²) in [6.45, 7) is 1.23. The van der Waals surface area contributed by atoms with Gasteiger partial charge in [-0.3, -0.25) is 9.36 Å². The molecular formula is C21H18Cl2N6S. The molecule has 30 heavy (non-hydrogen) atoms. The monoisotopic (exact) mass is 456 g/mol. The maximum absolute atomic E-state index is 6.21. The molecule has 0 saturated carbocycles. The molecule has 2 aromatic heterocycles. The van der Waals surface area contributed by atoms with Gasteiger partial charge in [0, 0.05) is 22.4 Å². The molecular weight excluding hydrogens is 439 g/mol. The van der Waals surface area contributed by atoms with E-state index in [9.17, 15) is 0 Å². The smallest absolute Gasteiger partial charge is 0.175 e. The van der Waals surface area contributed by atoms with Crippen LogP contribution in [0.15, 0.2) is 73.3 Å². The number of hydrogen-bond donors (Lipinski definition) is 2. The molecule has 2 N–H and O–H groups in total. The van der Waals surface area contributed by atoms with Gasteiger partial charge in [0.05, 0.1) is 36.9 Å². The van der Waals surface area contributed by atoms with Crippen LogP contribution in [0.3, 0.4) is 0 Å². The fraction of sp³-hybridized carbons (Fsp3) is 0.0952. The van der Waals surface area contributed by atoms with Crippen LogP contribution >= 0.6 is 35.4 Å². The average Bonchev–Trinajstić information content (AvgIpc) is 3.35. The molecule has 0 amide bonds. The lowest BCUT2D eigenvalue weighted by Gasteiger charge is -2.07. The number of nitrogens with zero attached hydrogens (tertiary/aromatic N) is 4. The van der Waals surface area contributed by atoms with E-state index in [1.807, 2.05) is 65.6 Å². The molecule has 4 rings (SSSR count). The van der Waals surface area contributed by atoms with E-state index in [0.717, 1.165) is 27.5 Å². The molecule has 0 aliphatic rings. The van der Waals surface area contributed by atoms with Gasteiger partial charge >= 0.3 is 0 Å². The molecule has 0 radical (unpaired) electrons. The minimum absolute atomic E-state index is 0.457. The third-order valence-electron chi connectivity index (χ3n) is 4.33. The van der Waals surface area contributed by atoms with Crippen LogP contribution < -0.4 is 10.6 Å². The third kappa shape index (κ3) is 5.38. The topological polar surface area (TPSA) is 59.7 Å². The van der Waals surface area contributed by atoms with Crippen LogP contribution in [0, 0.1) is 0 Å². The summed E-state index contributed by atoms with van der Waals surface area (Å²) in [7, 11) is 0. The Hall–Kier alpha value is -2.87. The summed E-state index contributed by atoms with van der Waals surface area (Å²) in [6.07, 6.45) is 7.21. The van der Waals surface area contributed by atoms with Crippen molar-refractivity contribution in [3.8, 4) is 0 Å². The van der Waals surface area contributed by atoms with Gasteiger partial charge in [-0.2, -0.15) is 10.2 Å². The van der Waals surface area contributed by atoms with Crippen molar-refractivity contribution >= 4 is 51.9 Å². The van der Waals surface area contributed by atoms with Crippen LogP contribution in [0.25, 0.3) is 0 Å². The maximum atomic E-state index is 6.21. The van der Waals surface area contributed by atoms with Gasteiger partial charge in [-0.25, -0.2) is 0 Å². The summed E-state index contributed by atoms with van der Waals surface area (Å²) in [4.78, 5) is 0. The molecule has 0 aliphatic heterocycles. The van der Waals surface area contributed by atoms with Gasteiger partial charge in [0.2, 0.25) is 0 Å². The van der Waals surface area contributed by atoms with E-state index in [4.69, 9.17) is 35.4 Å². The molecule has 0 spiro atoms. The van der Waals surface area contributed by atoms with E-state index in [1.165, 1.54) is 0 Å². The fourth-order valence-corrected chi connectivity index (χ4v) is 3.46. The Kier molecular flexibility index (Phi) is 6.32. The van der Waals surface area contributed by atoms with Crippen LogP contribution in [0.5, 0.6) is 0 Å². The van der Waals surface area contributed by atoms with Gasteiger partial charge in [0.1, 0.15) is 0 Å². The molecule has 0 saturated heterocycles. The van der Waals surface area contributed by atoms with Crippen molar-refractivity contribution in [3.05, 3.63) is 94.5 Å². The minimum Gasteiger partial charge on any atom is -0.330 e. The van der Waals surface area contributed by atoms with Crippen LogP contribution in [-0.4, -0.2) is 24.7 Å². The molecule has 2 aromatic carbocycles. The standard InChI is InChI=1S/C21H18Cl2N6S/c22-17-7-5-15(6-8-17)11-28-13-18(9-24-28)26-21(30)27-19-10-25-29(14-19)12-16-3-1-2-4-20(16)23/h1-10,13-14H,11-12H2,(H2,26,27,30). The molecule has 2 heterocycles. The van der Waals surface area contributed by atoms with Crippen molar-refractivity contribution < 1.29 is 0 Å². The van der Waals surface area contributed by atoms with Gasteiger partial charge in [0.25, 0.3) is 0 Å². The van der Waals surface area contributed by atoms with E-state index in [1.54, 1.807) is 17.1 Å². The highest BCUT2D eigenvalue weighted by molar-refractivity contribution is 7.80. The van der Waals surface area contributed by atoms with E-state index in [0.29, 0.717) is 23.2 Å². The predicted molar refractivity (Wildman–Crippen MR) is 125 cm³/mol. The number of halogens is 2. The van der Waals surface area contributed by atoms with Crippen molar-refractivity contribution in [2.75, 3.05) is 10.6 Å². The molecule has 0 atom stereocenters. The van der Waals surface area contributed by atoms with E-state index in [-0.39, 0.29) is 0 Å². The Morgan fingerprint density at radius 3 is 2.07 bits per heavy atom. The number of rotatable bonds is 6. The first-order valence-electron chi connectivity index (χ1n) is 9.16. The molecule has 0 bridgehead atoms. The lowest BCUT2D eigenvalue weighted by molar-refractivity contribution is 0.687. The molecule has 0 fully saturated rings. The molecule has 9 heteroatoms. The van der Waals surface area contributed by atoms with Gasteiger partial charge in [-0.05, 0) is 41.5 Å². The van der Waals surface area contributed by atoms with Crippen molar-refractivity contribution in [2.45, 2.75) is 13.1 Å². The molecule has 152 valence electrons. The highest BCUT2D eigenvalue weighted by atomic mass is 35.5. The molecule has 6 nitrogen and oxygen atoms in total. The second kappa shape index (κ2) is 9.30. The Morgan fingerprint density at radius 1 is 0.833 bits per heavy atom. The maximum Gasteiger partial charge on any atom is 0.175 e. The van der Waals surface area contributed by atoms with E-state index in [2.05, 4.69) is 20.8 Å². The van der Waals surface area contributed by atoms with Gasteiger partial charge in [-0.15, -0.1) is 0 Å². The quantitative estimate of drug-likeness (QED) is 0.385. The lowest BCUT2D eigenvalue weighted by Crippen LogP contribution is -2.18. The normalized spacial score (nSPS) is 10.7. The number of anilines is 2. The number of benzene rings is 2. The fourth-order valence-electron chi connectivity index (χ4n) is 2.90. The number of hydrogen-bond acceptors (Lipinski definition) is 3. The second-order valence-corrected chi connectivity index (χ2v) is 7.90. The lowest BCUT2D eigenvalue weighted by atomic mass is 10.2. The zero-order chi connectivity index (χ0) is 20.9. The minimum atomic E-state index is 0.457. The molecule has 4 aromatic rings. The first kappa shape index (κ1) is 20.4. The zero-order valence-corrected chi connectivity index (χ0v) is 18.1. The van der Waals surface area contributed by atoms with Crippen molar-refractivity contribution in [2.24, 2.45) is 0 Å². The van der Waals surface area contributed by atoms with Crippen molar-refractivity contribution in [1.82, 2.24) is 19.6 Å². The van der Waals surface area contributed by atoms with Crippen LogP contribution in [0.2, 0.25) is 10.0 Å². The van der Waals surface area contributed by atoms with E-state index >= 15 is 0 Å². The Morgan fingerprint density at radius 2 is 1.43 bits per heavy atom. The Labute approximate surface area is 189 Å². The highest BCUT2D eigenvalue weighted by Crippen LogP contribution is 2.17. The van der Waals surface area contributed by atoms with Gasteiger partial charge in [0.15, 0.2) is 5.11 Å². The summed E-state index contributed by atoms with van der Waals surface area (Å²) >= 11 is 17.5. The van der Waals surface area contributed by atoms with Crippen LogP contribution in [-0.2, 0) is 13.1 Å². The average molecular weight is 457 g/mol. The first-order valence-corrected chi connectivity index (χ1v) is 10.3. The Bertz CT molecular complexity index is 1150. The summed E-state index contributed by atoms with van der Waals surface area (Å²) in [5, 5.41) is 16.9. The third-order valence-corrected chi connectivity index (χ3v) is 5.16. The summed E-state index contributed by atoms with van der Waals surface area (Å²) in [5.74, 6) is 0. The van der Waals surface area contributed by atoms with Crippen molar-refractivity contribution in [3.63, 3.8) is 0 Å². The Balaban J connectivity index is 1.32. The SMILES string of the molecule is S=C(Nc1cnn(Cc2ccc(Cl)cc2)c1)Nc1cnn(Cc2ccccc2Cl)c1. The van der Waals surface area contributed by atoms with Gasteiger partial charge in [-0.1, -0.05) is 53.5 Å². The van der Waals surface area contributed by atoms with Crippen LogP contribution in [0.1, 0.15) is 11.1 Å². The zero-order valence-electron chi connectivity index (χ0n) is 15.8. The summed E-state index contributed by atoms with van der Waals surface area (Å²) in [5.41, 5.74) is 3.70. The second-order valence-electron chi connectivity index (χ2n) is 6.65. The summed E-state index contributed by atoms with van der Waals surface area (Å²) < 4.78 is 3.63. The molecule has 0 unspecified atom stereocenters. The van der Waals surface area contributed by atoms with Gasteiger partial charge < -0.3 is 10.6 Å². The largest absolute Gasteiger partial charge is 0.330 e. The molecule has 0 aliphatic carbocycles. The number of thiocarbonyl (C=S) groups is 1. The first-order chi connectivity index (χ1) is 14.5. The highest BCUT2D eigenvalue weighted by Gasteiger charge is 2.06. The number of aromatic nitrogens is 4. The van der Waals surface area contributed by atoms with Crippen molar-refractivity contribution in [1.29, 1.82) is 0 Å². The predicted octanol–water partition coefficient (Wildman–Crippen LogP) is 5.29. The number of nitrogens with one attached hydrogen (secondary N) is 2. The van der Waals surface area contributed by atoms with E-state index < -0.39 is 0 Å². The van der Waals surface area contributed by atoms with Crippen LogP contribution in [0.4, 0.5) is 11.4 Å². The summed E-state index contributed by atoms with van der Waals surface area (Å²) in [6, 6.07) is 15.4.